The van der Waals surface area contributed by atoms with E-state index in [-0.39, 0.29) is 17.3 Å². The highest BCUT2D eigenvalue weighted by molar-refractivity contribution is 5.95. The second-order valence-corrected chi connectivity index (χ2v) is 8.32. The van der Waals surface area contributed by atoms with E-state index in [1.807, 2.05) is 37.3 Å². The van der Waals surface area contributed by atoms with Crippen LogP contribution in [0.3, 0.4) is 0 Å². The van der Waals surface area contributed by atoms with Gasteiger partial charge in [-0.05, 0) is 31.2 Å². The van der Waals surface area contributed by atoms with Crippen LogP contribution in [0, 0.1) is 5.82 Å². The van der Waals surface area contributed by atoms with Crippen LogP contribution in [0.25, 0.3) is 0 Å². The summed E-state index contributed by atoms with van der Waals surface area (Å²) in [4.78, 5) is 27.9. The molecule has 0 aliphatic carbocycles. The fourth-order valence-corrected chi connectivity index (χ4v) is 4.11. The number of hydrogen-bond acceptors (Lipinski definition) is 5. The maximum atomic E-state index is 13.1. The maximum Gasteiger partial charge on any atom is 0.490 e. The quantitative estimate of drug-likeness (QED) is 0.691. The molecule has 2 aliphatic heterocycles. The Bertz CT molecular complexity index is 995. The molecule has 2 fully saturated rings. The Morgan fingerprint density at radius 2 is 1.82 bits per heavy atom. The third-order valence-electron chi connectivity index (χ3n) is 5.91. The lowest BCUT2D eigenvalue weighted by Crippen LogP contribution is -2.64. The molecule has 0 radical (unpaired) electrons. The fraction of sp³-hybridized carbons (Fsp3) is 0.476. The number of aromatic nitrogens is 2. The predicted octanol–water partition coefficient (Wildman–Crippen LogP) is 2.12. The summed E-state index contributed by atoms with van der Waals surface area (Å²) in [7, 11) is 3.90. The normalized spacial score (nSPS) is 21.9. The van der Waals surface area contributed by atoms with Crippen molar-refractivity contribution in [3.63, 3.8) is 0 Å². The standard InChI is InChI=1S/C19H24FN5O.C2HF3O2/c1-22-12-18(26)25(17-9-21-23(2)11-17)14-19(22)7-8-24(13-19)10-15-3-5-16(20)6-4-15;3-2(4,5)1(6)7/h3-6,9,11H,7-8,10,12-14H2,1-2H3;(H,6,7). The molecule has 1 unspecified atom stereocenters. The number of carboxylic acids is 1. The highest BCUT2D eigenvalue weighted by Crippen LogP contribution is 2.33. The van der Waals surface area contributed by atoms with Gasteiger partial charge in [-0.1, -0.05) is 12.1 Å². The molecule has 1 aromatic carbocycles. The van der Waals surface area contributed by atoms with Gasteiger partial charge in [0, 0.05) is 39.4 Å². The first kappa shape index (κ1) is 24.6. The molecule has 2 saturated heterocycles. The number of halogens is 4. The van der Waals surface area contributed by atoms with Gasteiger partial charge in [0.1, 0.15) is 5.82 Å². The Morgan fingerprint density at radius 3 is 2.36 bits per heavy atom. The third-order valence-corrected chi connectivity index (χ3v) is 5.91. The van der Waals surface area contributed by atoms with E-state index in [1.54, 1.807) is 10.9 Å². The lowest BCUT2D eigenvalue weighted by molar-refractivity contribution is -0.192. The monoisotopic (exact) mass is 471 g/mol. The molecule has 12 heteroatoms. The smallest absolute Gasteiger partial charge is 0.475 e. The Morgan fingerprint density at radius 1 is 1.18 bits per heavy atom. The maximum absolute atomic E-state index is 13.1. The van der Waals surface area contributed by atoms with E-state index in [4.69, 9.17) is 9.90 Å². The van der Waals surface area contributed by atoms with Gasteiger partial charge in [0.15, 0.2) is 0 Å². The molecule has 1 amide bonds. The number of likely N-dealkylation sites (tertiary alicyclic amines) is 1. The molecule has 4 rings (SSSR count). The minimum atomic E-state index is -5.08. The molecule has 1 N–H and O–H groups in total. The summed E-state index contributed by atoms with van der Waals surface area (Å²) >= 11 is 0. The van der Waals surface area contributed by atoms with E-state index in [0.29, 0.717) is 13.1 Å². The molecule has 2 aliphatic rings. The van der Waals surface area contributed by atoms with Gasteiger partial charge in [-0.3, -0.25) is 19.3 Å². The Labute approximate surface area is 188 Å². The van der Waals surface area contributed by atoms with E-state index in [9.17, 15) is 22.4 Å². The van der Waals surface area contributed by atoms with Crippen molar-refractivity contribution in [2.75, 3.05) is 38.1 Å². The summed E-state index contributed by atoms with van der Waals surface area (Å²) in [5.41, 5.74) is 1.92. The van der Waals surface area contributed by atoms with Crippen molar-refractivity contribution in [3.8, 4) is 0 Å². The number of alkyl halides is 3. The molecule has 2 aromatic rings. The van der Waals surface area contributed by atoms with Crippen LogP contribution in [0.1, 0.15) is 12.0 Å². The van der Waals surface area contributed by atoms with Crippen LogP contribution < -0.4 is 4.90 Å². The van der Waals surface area contributed by atoms with Crippen molar-refractivity contribution >= 4 is 17.6 Å². The number of nitrogens with zero attached hydrogens (tertiary/aromatic N) is 5. The van der Waals surface area contributed by atoms with E-state index in [1.165, 1.54) is 12.1 Å². The first-order valence-corrected chi connectivity index (χ1v) is 10.2. The van der Waals surface area contributed by atoms with Gasteiger partial charge in [-0.15, -0.1) is 0 Å². The highest BCUT2D eigenvalue weighted by Gasteiger charge is 2.47. The van der Waals surface area contributed by atoms with Crippen LogP contribution in [-0.2, 0) is 23.2 Å². The van der Waals surface area contributed by atoms with E-state index in [2.05, 4.69) is 14.9 Å². The number of amides is 1. The molecule has 1 spiro atoms. The van der Waals surface area contributed by atoms with Crippen LogP contribution in [0.15, 0.2) is 36.7 Å². The molecule has 0 saturated carbocycles. The summed E-state index contributed by atoms with van der Waals surface area (Å²) in [6.07, 6.45) is -0.432. The van der Waals surface area contributed by atoms with Crippen molar-refractivity contribution < 1.29 is 32.3 Å². The van der Waals surface area contributed by atoms with Crippen molar-refractivity contribution in [2.45, 2.75) is 24.7 Å². The summed E-state index contributed by atoms with van der Waals surface area (Å²) in [6.45, 7) is 3.76. The first-order chi connectivity index (χ1) is 15.4. The molecular formula is C21H25F4N5O3. The molecule has 180 valence electrons. The van der Waals surface area contributed by atoms with Gasteiger partial charge < -0.3 is 10.0 Å². The molecule has 0 bridgehead atoms. The topological polar surface area (TPSA) is 81.9 Å². The zero-order valence-corrected chi connectivity index (χ0v) is 18.2. The van der Waals surface area contributed by atoms with Gasteiger partial charge in [-0.2, -0.15) is 18.3 Å². The zero-order chi connectivity index (χ0) is 24.4. The van der Waals surface area contributed by atoms with Gasteiger partial charge in [0.25, 0.3) is 0 Å². The Kier molecular flexibility index (Phi) is 7.08. The van der Waals surface area contributed by atoms with Crippen molar-refractivity contribution in [2.24, 2.45) is 7.05 Å². The van der Waals surface area contributed by atoms with Gasteiger partial charge in [0.05, 0.1) is 24.0 Å². The number of carbonyl (C=O) groups excluding carboxylic acids is 1. The zero-order valence-electron chi connectivity index (χ0n) is 18.2. The van der Waals surface area contributed by atoms with Crippen molar-refractivity contribution in [1.29, 1.82) is 0 Å². The number of carboxylic acid groups (broad SMARTS) is 1. The van der Waals surface area contributed by atoms with E-state index < -0.39 is 12.1 Å². The fourth-order valence-electron chi connectivity index (χ4n) is 4.11. The average Bonchev–Trinajstić information content (AvgIpc) is 3.33. The lowest BCUT2D eigenvalue weighted by Gasteiger charge is -2.46. The SMILES string of the molecule is CN1CC(=O)N(c2cnn(C)c2)CC12CCN(Cc1ccc(F)cc1)C2.O=C(O)C(F)(F)F. The summed E-state index contributed by atoms with van der Waals surface area (Å²) in [5.74, 6) is -2.85. The Balaban J connectivity index is 0.000000383. The number of anilines is 1. The molecule has 8 nitrogen and oxygen atoms in total. The van der Waals surface area contributed by atoms with Crippen LogP contribution in [0.4, 0.5) is 23.2 Å². The number of aliphatic carboxylic acids is 1. The number of piperazine rings is 1. The van der Waals surface area contributed by atoms with Crippen LogP contribution in [-0.4, -0.2) is 81.5 Å². The summed E-state index contributed by atoms with van der Waals surface area (Å²) in [6, 6.07) is 6.71. The number of hydrogen-bond donors (Lipinski definition) is 1. The largest absolute Gasteiger partial charge is 0.490 e. The molecule has 3 heterocycles. The van der Waals surface area contributed by atoms with Crippen molar-refractivity contribution in [1.82, 2.24) is 19.6 Å². The lowest BCUT2D eigenvalue weighted by atomic mass is 9.93. The number of rotatable bonds is 3. The van der Waals surface area contributed by atoms with Crippen LogP contribution in [0.5, 0.6) is 0 Å². The Hall–Kier alpha value is -2.99. The first-order valence-electron chi connectivity index (χ1n) is 10.2. The molecule has 1 atom stereocenters. The molecular weight excluding hydrogens is 446 g/mol. The van der Waals surface area contributed by atoms with E-state index in [0.717, 1.165) is 37.3 Å². The van der Waals surface area contributed by atoms with Gasteiger partial charge in [-0.25, -0.2) is 9.18 Å². The number of aryl methyl sites for hydroxylation is 1. The minimum Gasteiger partial charge on any atom is -0.475 e. The second kappa shape index (κ2) is 9.48. The van der Waals surface area contributed by atoms with Crippen LogP contribution in [0.2, 0.25) is 0 Å². The number of likely N-dealkylation sites (N-methyl/N-ethyl adjacent to an activating group) is 1. The van der Waals surface area contributed by atoms with Gasteiger partial charge in [0.2, 0.25) is 5.91 Å². The molecule has 33 heavy (non-hydrogen) atoms. The molecule has 1 aromatic heterocycles. The van der Waals surface area contributed by atoms with E-state index >= 15 is 0 Å². The number of benzene rings is 1. The van der Waals surface area contributed by atoms with Crippen molar-refractivity contribution in [3.05, 3.63) is 48.0 Å². The third kappa shape index (κ3) is 5.88. The van der Waals surface area contributed by atoms with Crippen LogP contribution >= 0.6 is 0 Å². The summed E-state index contributed by atoms with van der Waals surface area (Å²) < 4.78 is 46.6. The summed E-state index contributed by atoms with van der Waals surface area (Å²) in [5, 5.41) is 11.3. The minimum absolute atomic E-state index is 0.0518. The average molecular weight is 471 g/mol. The predicted molar refractivity (Wildman–Crippen MR) is 111 cm³/mol. The highest BCUT2D eigenvalue weighted by atomic mass is 19.4. The van der Waals surface area contributed by atoms with Gasteiger partial charge >= 0.3 is 12.1 Å². The second-order valence-electron chi connectivity index (χ2n) is 8.32. The number of carbonyl (C=O) groups is 2.